The van der Waals surface area contributed by atoms with E-state index in [1.165, 1.54) is 12.1 Å². The zero-order valence-corrected chi connectivity index (χ0v) is 19.6. The van der Waals surface area contributed by atoms with Crippen LogP contribution in [-0.2, 0) is 13.1 Å². The lowest BCUT2D eigenvalue weighted by atomic mass is 10.1. The van der Waals surface area contributed by atoms with Gasteiger partial charge in [-0.3, -0.25) is 0 Å². The van der Waals surface area contributed by atoms with Gasteiger partial charge >= 0.3 is 0 Å². The number of nitrogens with one attached hydrogen (secondary N) is 1. The van der Waals surface area contributed by atoms with E-state index in [0.29, 0.717) is 13.1 Å². The smallest absolute Gasteiger partial charge is 0.214 e. The molecule has 0 aliphatic carbocycles. The summed E-state index contributed by atoms with van der Waals surface area (Å²) in [5.41, 5.74) is 4.57. The molecule has 35 heavy (non-hydrogen) atoms. The molecule has 0 aliphatic heterocycles. The van der Waals surface area contributed by atoms with E-state index in [9.17, 15) is 4.39 Å². The van der Waals surface area contributed by atoms with Crippen LogP contribution in [0.1, 0.15) is 11.3 Å². The van der Waals surface area contributed by atoms with Crippen LogP contribution >= 0.6 is 11.8 Å². The Balaban J connectivity index is 1.22. The van der Waals surface area contributed by atoms with Crippen LogP contribution in [0.4, 0.5) is 4.39 Å². The normalized spacial score (nSPS) is 11.1. The van der Waals surface area contributed by atoms with Crippen molar-refractivity contribution >= 4 is 11.8 Å². The summed E-state index contributed by atoms with van der Waals surface area (Å²) >= 11 is 1.58. The first-order valence-electron chi connectivity index (χ1n) is 11.2. The first-order chi connectivity index (χ1) is 17.3. The minimum absolute atomic E-state index is 0.257. The molecule has 0 bridgehead atoms. The van der Waals surface area contributed by atoms with Crippen molar-refractivity contribution in [2.75, 3.05) is 12.3 Å². The summed E-state index contributed by atoms with van der Waals surface area (Å²) in [6.45, 7) is 1.78. The van der Waals surface area contributed by atoms with Gasteiger partial charge in [-0.1, -0.05) is 72.4 Å². The largest absolute Gasteiger partial charge is 0.310 e. The standard InChI is InChI=1S/C25H23FN8S/c26-21-13-11-19(12-14-21)18-33-29-23(24(30-33)20-7-3-1-4-8-20)17-27-15-16-35-25-28-31-32-34(25)22-9-5-2-6-10-22/h1-14,27H,15-18H2. The van der Waals surface area contributed by atoms with Gasteiger partial charge in [0.05, 0.1) is 12.2 Å². The molecule has 0 amide bonds. The van der Waals surface area contributed by atoms with Crippen molar-refractivity contribution in [1.82, 2.24) is 40.5 Å². The highest BCUT2D eigenvalue weighted by molar-refractivity contribution is 7.99. The third-order valence-electron chi connectivity index (χ3n) is 5.25. The fourth-order valence-corrected chi connectivity index (χ4v) is 4.35. The van der Waals surface area contributed by atoms with Gasteiger partial charge in [0.2, 0.25) is 5.16 Å². The van der Waals surface area contributed by atoms with Gasteiger partial charge in [0, 0.05) is 24.4 Å². The number of aromatic nitrogens is 7. The molecule has 0 saturated heterocycles. The Bertz CT molecular complexity index is 1350. The Morgan fingerprint density at radius 2 is 1.60 bits per heavy atom. The van der Waals surface area contributed by atoms with Crippen LogP contribution in [0.5, 0.6) is 0 Å². The molecular formula is C25H23FN8S. The maximum atomic E-state index is 13.3. The molecule has 0 spiro atoms. The highest BCUT2D eigenvalue weighted by Crippen LogP contribution is 2.21. The fourth-order valence-electron chi connectivity index (χ4n) is 3.57. The van der Waals surface area contributed by atoms with Gasteiger partial charge in [-0.25, -0.2) is 4.39 Å². The number of nitrogens with zero attached hydrogens (tertiary/aromatic N) is 7. The molecule has 1 N–H and O–H groups in total. The predicted molar refractivity (Wildman–Crippen MR) is 133 cm³/mol. The maximum absolute atomic E-state index is 13.3. The zero-order valence-electron chi connectivity index (χ0n) is 18.8. The lowest BCUT2D eigenvalue weighted by Crippen LogP contribution is -2.18. The SMILES string of the molecule is Fc1ccc(Cn2nc(CNCCSc3nnnn3-c3ccccc3)c(-c3ccccc3)n2)cc1. The van der Waals surface area contributed by atoms with Crippen LogP contribution in [-0.4, -0.2) is 47.5 Å². The minimum Gasteiger partial charge on any atom is -0.310 e. The second-order valence-electron chi connectivity index (χ2n) is 7.75. The Morgan fingerprint density at radius 3 is 2.37 bits per heavy atom. The van der Waals surface area contributed by atoms with Crippen molar-refractivity contribution in [2.24, 2.45) is 0 Å². The lowest BCUT2D eigenvalue weighted by Gasteiger charge is -2.05. The number of para-hydroxylation sites is 1. The first kappa shape index (κ1) is 22.9. The first-order valence-corrected chi connectivity index (χ1v) is 12.2. The predicted octanol–water partition coefficient (Wildman–Crippen LogP) is 3.99. The third kappa shape index (κ3) is 5.79. The van der Waals surface area contributed by atoms with E-state index >= 15 is 0 Å². The van der Waals surface area contributed by atoms with E-state index in [1.807, 2.05) is 60.7 Å². The molecule has 0 atom stereocenters. The molecule has 2 heterocycles. The fraction of sp³-hybridized carbons (Fsp3) is 0.160. The van der Waals surface area contributed by atoms with E-state index in [0.717, 1.165) is 45.7 Å². The van der Waals surface area contributed by atoms with Gasteiger partial charge < -0.3 is 5.32 Å². The highest BCUT2D eigenvalue weighted by atomic mass is 32.2. The molecule has 176 valence electrons. The summed E-state index contributed by atoms with van der Waals surface area (Å²) in [6.07, 6.45) is 0. The number of rotatable bonds is 10. The van der Waals surface area contributed by atoms with E-state index in [4.69, 9.17) is 10.2 Å². The van der Waals surface area contributed by atoms with Gasteiger partial charge in [-0.2, -0.15) is 19.7 Å². The Kier molecular flexibility index (Phi) is 7.21. The maximum Gasteiger partial charge on any atom is 0.214 e. The Morgan fingerprint density at radius 1 is 0.857 bits per heavy atom. The van der Waals surface area contributed by atoms with Gasteiger partial charge in [-0.05, 0) is 40.3 Å². The number of benzene rings is 3. The van der Waals surface area contributed by atoms with Crippen LogP contribution in [0.15, 0.2) is 90.1 Å². The molecule has 5 rings (SSSR count). The third-order valence-corrected chi connectivity index (χ3v) is 6.17. The summed E-state index contributed by atoms with van der Waals surface area (Å²) in [5, 5.41) is 25.7. The minimum atomic E-state index is -0.257. The Labute approximate surface area is 206 Å². The number of halogens is 1. The molecule has 3 aromatic carbocycles. The monoisotopic (exact) mass is 486 g/mol. The molecule has 0 fully saturated rings. The van der Waals surface area contributed by atoms with Crippen molar-refractivity contribution in [2.45, 2.75) is 18.2 Å². The van der Waals surface area contributed by atoms with E-state index in [1.54, 1.807) is 33.4 Å². The summed E-state index contributed by atoms with van der Waals surface area (Å²) in [4.78, 5) is 1.66. The second-order valence-corrected chi connectivity index (χ2v) is 8.81. The molecule has 0 aliphatic rings. The summed E-state index contributed by atoms with van der Waals surface area (Å²) in [7, 11) is 0. The number of hydrogen-bond acceptors (Lipinski definition) is 7. The van der Waals surface area contributed by atoms with E-state index in [-0.39, 0.29) is 5.82 Å². The van der Waals surface area contributed by atoms with Gasteiger partial charge in [-0.15, -0.1) is 5.10 Å². The summed E-state index contributed by atoms with van der Waals surface area (Å²) in [6, 6.07) is 26.2. The van der Waals surface area contributed by atoms with Gasteiger partial charge in [0.1, 0.15) is 17.2 Å². The summed E-state index contributed by atoms with van der Waals surface area (Å²) < 4.78 is 15.0. The van der Waals surface area contributed by atoms with Gasteiger partial charge in [0.15, 0.2) is 0 Å². The zero-order chi connectivity index (χ0) is 23.9. The van der Waals surface area contributed by atoms with Crippen LogP contribution in [0, 0.1) is 5.82 Å². The molecule has 0 saturated carbocycles. The van der Waals surface area contributed by atoms with E-state index in [2.05, 4.69) is 20.8 Å². The van der Waals surface area contributed by atoms with Crippen molar-refractivity contribution in [3.05, 3.63) is 102 Å². The Hall–Kier alpha value is -3.89. The number of thioether (sulfide) groups is 1. The van der Waals surface area contributed by atoms with Crippen molar-refractivity contribution < 1.29 is 4.39 Å². The molecule has 5 aromatic rings. The molecule has 8 nitrogen and oxygen atoms in total. The quantitative estimate of drug-likeness (QED) is 0.236. The van der Waals surface area contributed by atoms with E-state index < -0.39 is 0 Å². The molecule has 2 aromatic heterocycles. The van der Waals surface area contributed by atoms with Crippen molar-refractivity contribution in [3.63, 3.8) is 0 Å². The molecule has 0 unspecified atom stereocenters. The average Bonchev–Trinajstić information content (AvgIpc) is 3.53. The average molecular weight is 487 g/mol. The van der Waals surface area contributed by atoms with Crippen LogP contribution in [0.25, 0.3) is 16.9 Å². The highest BCUT2D eigenvalue weighted by Gasteiger charge is 2.14. The van der Waals surface area contributed by atoms with Gasteiger partial charge in [0.25, 0.3) is 0 Å². The lowest BCUT2D eigenvalue weighted by molar-refractivity contribution is 0.576. The topological polar surface area (TPSA) is 86.3 Å². The van der Waals surface area contributed by atoms with Crippen LogP contribution in [0.3, 0.4) is 0 Å². The number of tetrazole rings is 1. The molecule has 10 heteroatoms. The van der Waals surface area contributed by atoms with Crippen LogP contribution in [0.2, 0.25) is 0 Å². The second kappa shape index (κ2) is 11.0. The number of hydrogen-bond donors (Lipinski definition) is 1. The van der Waals surface area contributed by atoms with Crippen LogP contribution < -0.4 is 5.32 Å². The van der Waals surface area contributed by atoms with Crippen molar-refractivity contribution in [1.29, 1.82) is 0 Å². The molecule has 0 radical (unpaired) electrons. The van der Waals surface area contributed by atoms with Crippen molar-refractivity contribution in [3.8, 4) is 16.9 Å². The summed E-state index contributed by atoms with van der Waals surface area (Å²) in [5.74, 6) is 0.533. The molecular weight excluding hydrogens is 463 g/mol.